The van der Waals surface area contributed by atoms with Crippen molar-refractivity contribution in [3.05, 3.63) is 0 Å². The zero-order valence-electron chi connectivity index (χ0n) is 18.2. The molecular weight excluding hydrogens is 380 g/mol. The molecular formula is C20H32N2O7. The van der Waals surface area contributed by atoms with Gasteiger partial charge in [-0.1, -0.05) is 13.8 Å². The predicted octanol–water partition coefficient (Wildman–Crippen LogP) is 1.45. The van der Waals surface area contributed by atoms with Crippen LogP contribution in [0.15, 0.2) is 0 Å². The molecule has 0 aromatic rings. The van der Waals surface area contributed by atoms with Crippen molar-refractivity contribution < 1.29 is 33.2 Å². The van der Waals surface area contributed by atoms with Crippen molar-refractivity contribution in [1.82, 2.24) is 5.32 Å². The van der Waals surface area contributed by atoms with Gasteiger partial charge in [0.25, 0.3) is 0 Å². The summed E-state index contributed by atoms with van der Waals surface area (Å²) in [5.74, 6) is -1.97. The van der Waals surface area contributed by atoms with Gasteiger partial charge in [-0.2, -0.15) is 5.26 Å². The van der Waals surface area contributed by atoms with E-state index in [2.05, 4.69) is 11.4 Å². The number of nitrogens with one attached hydrogen (secondary N) is 1. The van der Waals surface area contributed by atoms with Crippen LogP contribution in [0.25, 0.3) is 0 Å². The molecule has 0 spiro atoms. The summed E-state index contributed by atoms with van der Waals surface area (Å²) in [4.78, 5) is 12.5. The molecule has 1 N–H and O–H groups in total. The number of fused-ring (bicyclic) bond motifs is 1. The fourth-order valence-corrected chi connectivity index (χ4v) is 4.24. The summed E-state index contributed by atoms with van der Waals surface area (Å²) in [6, 6.07) is 1.62. The van der Waals surface area contributed by atoms with Gasteiger partial charge in [0.15, 0.2) is 23.4 Å². The molecule has 3 aliphatic heterocycles. The number of nitrogens with zero attached hydrogens (tertiary/aromatic N) is 1. The molecule has 3 fully saturated rings. The third-order valence-electron chi connectivity index (χ3n) is 5.40. The zero-order valence-corrected chi connectivity index (χ0v) is 18.2. The molecule has 0 unspecified atom stereocenters. The summed E-state index contributed by atoms with van der Waals surface area (Å²) in [5, 5.41) is 13.6. The third-order valence-corrected chi connectivity index (χ3v) is 5.40. The molecule has 0 radical (unpaired) electrons. The van der Waals surface area contributed by atoms with Crippen molar-refractivity contribution in [2.75, 3.05) is 13.7 Å². The van der Waals surface area contributed by atoms with E-state index in [0.29, 0.717) is 6.42 Å². The van der Waals surface area contributed by atoms with Crippen molar-refractivity contribution in [3.8, 4) is 6.07 Å². The zero-order chi connectivity index (χ0) is 21.6. The van der Waals surface area contributed by atoms with Gasteiger partial charge in [-0.15, -0.1) is 0 Å². The molecule has 3 rings (SSSR count). The van der Waals surface area contributed by atoms with Crippen LogP contribution < -0.4 is 5.32 Å². The van der Waals surface area contributed by atoms with Gasteiger partial charge in [0.05, 0.1) is 19.8 Å². The number of carbonyl (C=O) groups excluding carboxylic acids is 1. The van der Waals surface area contributed by atoms with Gasteiger partial charge in [-0.05, 0) is 40.0 Å². The second-order valence-corrected chi connectivity index (χ2v) is 9.18. The number of nitriles is 1. The fraction of sp³-hybridized carbons (Fsp3) is 0.900. The van der Waals surface area contributed by atoms with E-state index in [9.17, 15) is 10.1 Å². The summed E-state index contributed by atoms with van der Waals surface area (Å²) in [6.45, 7) is 11.4. The molecule has 0 aromatic carbocycles. The second-order valence-electron chi connectivity index (χ2n) is 9.18. The highest BCUT2D eigenvalue weighted by molar-refractivity contribution is 5.76. The first-order chi connectivity index (χ1) is 13.4. The normalized spacial score (nSPS) is 38.6. The lowest BCUT2D eigenvalue weighted by atomic mass is 9.85. The maximum absolute atomic E-state index is 12.5. The van der Waals surface area contributed by atoms with Crippen molar-refractivity contribution in [2.45, 2.75) is 95.7 Å². The SMILES string of the molecule is COC(=O)[C@H](CC(C)C)N[C@]1(C#N)[C@@H]([C@H]2COC(C)(C)O2)O[C@@H]2OC(C)(C)O[C@@H]21. The van der Waals surface area contributed by atoms with Gasteiger partial charge in [-0.25, -0.2) is 0 Å². The van der Waals surface area contributed by atoms with Crippen molar-refractivity contribution in [2.24, 2.45) is 5.92 Å². The minimum Gasteiger partial charge on any atom is -0.468 e. The maximum Gasteiger partial charge on any atom is 0.322 e. The summed E-state index contributed by atoms with van der Waals surface area (Å²) in [5.41, 5.74) is -1.39. The van der Waals surface area contributed by atoms with Crippen molar-refractivity contribution >= 4 is 5.97 Å². The van der Waals surface area contributed by atoms with Gasteiger partial charge >= 0.3 is 5.97 Å². The Morgan fingerprint density at radius 2 is 1.86 bits per heavy atom. The number of carbonyl (C=O) groups is 1. The minimum atomic E-state index is -1.39. The van der Waals surface area contributed by atoms with Gasteiger partial charge in [0.2, 0.25) is 0 Å². The maximum atomic E-state index is 12.5. The fourth-order valence-electron chi connectivity index (χ4n) is 4.24. The molecule has 9 heteroatoms. The number of rotatable bonds is 6. The molecule has 0 aromatic heterocycles. The van der Waals surface area contributed by atoms with Crippen LogP contribution in [0, 0.1) is 17.2 Å². The largest absolute Gasteiger partial charge is 0.468 e. The summed E-state index contributed by atoms with van der Waals surface area (Å²) in [7, 11) is 1.33. The van der Waals surface area contributed by atoms with Crippen molar-refractivity contribution in [1.29, 1.82) is 5.26 Å². The van der Waals surface area contributed by atoms with E-state index in [1.807, 2.05) is 13.8 Å². The van der Waals surface area contributed by atoms with E-state index in [1.54, 1.807) is 27.7 Å². The van der Waals surface area contributed by atoms with Crippen LogP contribution in [0.3, 0.4) is 0 Å². The molecule has 29 heavy (non-hydrogen) atoms. The molecule has 0 aliphatic carbocycles. The Kier molecular flexibility index (Phi) is 6.00. The highest BCUT2D eigenvalue weighted by Crippen LogP contribution is 2.46. The lowest BCUT2D eigenvalue weighted by Crippen LogP contribution is -2.66. The van der Waals surface area contributed by atoms with Gasteiger partial charge in [0, 0.05) is 0 Å². The number of hydrogen-bond acceptors (Lipinski definition) is 9. The highest BCUT2D eigenvalue weighted by atomic mass is 16.8. The Hall–Kier alpha value is -1.28. The molecule has 0 bridgehead atoms. The topological polar surface area (TPSA) is 108 Å². The van der Waals surface area contributed by atoms with E-state index < -0.39 is 53.7 Å². The quantitative estimate of drug-likeness (QED) is 0.648. The van der Waals surface area contributed by atoms with Crippen LogP contribution >= 0.6 is 0 Å². The lowest BCUT2D eigenvalue weighted by molar-refractivity contribution is -0.228. The van der Waals surface area contributed by atoms with E-state index in [1.165, 1.54) is 7.11 Å². The lowest BCUT2D eigenvalue weighted by Gasteiger charge is -2.37. The standard InChI is InChI=1S/C20H32N2O7/c1-11(2)8-12(16(23)24-7)22-20(10-21)14(13-9-25-18(3,4)27-13)26-17-15(20)28-19(5,6)29-17/h11-15,17,22H,8-9H2,1-7H3/t12-,13+,14+,15-,17+,20+/m0/s1. The third kappa shape index (κ3) is 4.29. The van der Waals surface area contributed by atoms with E-state index >= 15 is 0 Å². The number of ether oxygens (including phenoxy) is 6. The smallest absolute Gasteiger partial charge is 0.322 e. The second kappa shape index (κ2) is 7.76. The van der Waals surface area contributed by atoms with Crippen LogP contribution in [-0.4, -0.2) is 67.4 Å². The van der Waals surface area contributed by atoms with E-state index in [4.69, 9.17) is 28.4 Å². The highest BCUT2D eigenvalue weighted by Gasteiger charge is 2.68. The molecule has 0 saturated carbocycles. The average molecular weight is 412 g/mol. The van der Waals surface area contributed by atoms with E-state index in [-0.39, 0.29) is 12.5 Å². The Morgan fingerprint density at radius 3 is 2.38 bits per heavy atom. The molecule has 164 valence electrons. The van der Waals surface area contributed by atoms with Gasteiger partial charge < -0.3 is 28.4 Å². The van der Waals surface area contributed by atoms with Crippen LogP contribution in [0.5, 0.6) is 0 Å². The first-order valence-electron chi connectivity index (χ1n) is 10.0. The van der Waals surface area contributed by atoms with Crippen LogP contribution in [0.4, 0.5) is 0 Å². The minimum absolute atomic E-state index is 0.195. The summed E-state index contributed by atoms with van der Waals surface area (Å²) < 4.78 is 34.7. The Morgan fingerprint density at radius 1 is 1.17 bits per heavy atom. The Bertz CT molecular complexity index is 674. The number of esters is 1. The molecule has 9 nitrogen and oxygen atoms in total. The predicted molar refractivity (Wildman–Crippen MR) is 100 cm³/mol. The molecule has 3 saturated heterocycles. The Labute approximate surface area is 171 Å². The Balaban J connectivity index is 1.96. The number of methoxy groups -OCH3 is 1. The first-order valence-corrected chi connectivity index (χ1v) is 10.0. The van der Waals surface area contributed by atoms with Crippen molar-refractivity contribution in [3.63, 3.8) is 0 Å². The molecule has 6 atom stereocenters. The van der Waals surface area contributed by atoms with Crippen LogP contribution in [0.2, 0.25) is 0 Å². The number of hydrogen-bond donors (Lipinski definition) is 1. The van der Waals surface area contributed by atoms with Crippen LogP contribution in [0.1, 0.15) is 48.0 Å². The monoisotopic (exact) mass is 412 g/mol. The van der Waals surface area contributed by atoms with Crippen LogP contribution in [-0.2, 0) is 33.2 Å². The molecule has 0 amide bonds. The molecule has 3 heterocycles. The summed E-state index contributed by atoms with van der Waals surface area (Å²) in [6.07, 6.45) is -2.33. The van der Waals surface area contributed by atoms with E-state index in [0.717, 1.165) is 0 Å². The first kappa shape index (κ1) is 22.4. The summed E-state index contributed by atoms with van der Waals surface area (Å²) >= 11 is 0. The average Bonchev–Trinajstić information content (AvgIpc) is 3.22. The van der Waals surface area contributed by atoms with Gasteiger partial charge in [-0.3, -0.25) is 10.1 Å². The van der Waals surface area contributed by atoms with Gasteiger partial charge in [0.1, 0.15) is 24.4 Å². The molecule has 3 aliphatic rings.